The number of carbonyl (C=O) groups excluding carboxylic acids is 2. The molecule has 1 atom stereocenters. The third kappa shape index (κ3) is 3.83. The number of anilines is 4. The first-order valence-electron chi connectivity index (χ1n) is 9.65. The van der Waals surface area contributed by atoms with Crippen LogP contribution in [0, 0.1) is 0 Å². The summed E-state index contributed by atoms with van der Waals surface area (Å²) < 4.78 is 5.02. The van der Waals surface area contributed by atoms with E-state index < -0.39 is 11.5 Å². The topological polar surface area (TPSA) is 65.1 Å². The Morgan fingerprint density at radius 3 is 1.90 bits per heavy atom. The number of amides is 1. The number of methoxy groups -OCH3 is 1. The standard InChI is InChI=1S/C23H28N4O3/c1-23(22(29)30-6)15-20(24-16-7-9-17(10-8-16)25(2)3)21(28)27(23)19-13-11-18(12-14-19)26(4)5/h7-15,24H,1-6H3. The first-order chi connectivity index (χ1) is 14.2. The molecular formula is C23H28N4O3. The number of nitrogens with one attached hydrogen (secondary N) is 1. The van der Waals surface area contributed by atoms with E-state index >= 15 is 0 Å². The largest absolute Gasteiger partial charge is 0.467 e. The molecule has 2 aromatic carbocycles. The quantitative estimate of drug-likeness (QED) is 0.741. The molecule has 1 N–H and O–H groups in total. The van der Waals surface area contributed by atoms with Crippen molar-refractivity contribution in [2.75, 3.05) is 55.3 Å². The summed E-state index contributed by atoms with van der Waals surface area (Å²) in [6, 6.07) is 15.2. The number of hydrogen-bond acceptors (Lipinski definition) is 6. The van der Waals surface area contributed by atoms with E-state index in [1.54, 1.807) is 13.0 Å². The van der Waals surface area contributed by atoms with Gasteiger partial charge in [-0.2, -0.15) is 0 Å². The zero-order valence-corrected chi connectivity index (χ0v) is 18.3. The average molecular weight is 409 g/mol. The summed E-state index contributed by atoms with van der Waals surface area (Å²) >= 11 is 0. The molecule has 1 heterocycles. The lowest BCUT2D eigenvalue weighted by Crippen LogP contribution is -2.51. The Morgan fingerprint density at radius 1 is 0.933 bits per heavy atom. The van der Waals surface area contributed by atoms with Crippen molar-refractivity contribution in [1.29, 1.82) is 0 Å². The third-order valence-corrected chi connectivity index (χ3v) is 5.21. The first-order valence-corrected chi connectivity index (χ1v) is 9.65. The molecule has 0 aromatic heterocycles. The summed E-state index contributed by atoms with van der Waals surface area (Å²) in [4.78, 5) is 31.4. The van der Waals surface area contributed by atoms with Crippen LogP contribution < -0.4 is 20.0 Å². The Morgan fingerprint density at radius 2 is 1.43 bits per heavy atom. The third-order valence-electron chi connectivity index (χ3n) is 5.21. The van der Waals surface area contributed by atoms with Crippen LogP contribution in [0.3, 0.4) is 0 Å². The lowest BCUT2D eigenvalue weighted by molar-refractivity contribution is -0.145. The average Bonchev–Trinajstić information content (AvgIpc) is 2.98. The summed E-state index contributed by atoms with van der Waals surface area (Å²) in [5.41, 5.74) is 2.51. The molecule has 0 aliphatic carbocycles. The van der Waals surface area contributed by atoms with Crippen LogP contribution in [-0.2, 0) is 14.3 Å². The van der Waals surface area contributed by atoms with E-state index in [4.69, 9.17) is 4.74 Å². The molecule has 1 aliphatic heterocycles. The zero-order chi connectivity index (χ0) is 22.1. The molecule has 0 radical (unpaired) electrons. The van der Waals surface area contributed by atoms with E-state index in [2.05, 4.69) is 5.32 Å². The number of nitrogens with zero attached hydrogens (tertiary/aromatic N) is 3. The van der Waals surface area contributed by atoms with Gasteiger partial charge in [0, 0.05) is 50.9 Å². The van der Waals surface area contributed by atoms with Crippen LogP contribution in [0.25, 0.3) is 0 Å². The predicted molar refractivity (Wildman–Crippen MR) is 121 cm³/mol. The first kappa shape index (κ1) is 21.2. The summed E-state index contributed by atoms with van der Waals surface area (Å²) in [6.45, 7) is 1.68. The summed E-state index contributed by atoms with van der Waals surface area (Å²) in [7, 11) is 9.14. The molecule has 1 amide bonds. The molecule has 1 aliphatic rings. The SMILES string of the molecule is COC(=O)C1(C)C=C(Nc2ccc(N(C)C)cc2)C(=O)N1c1ccc(N(C)C)cc1. The van der Waals surface area contributed by atoms with Gasteiger partial charge in [-0.15, -0.1) is 0 Å². The molecular weight excluding hydrogens is 380 g/mol. The summed E-state index contributed by atoms with van der Waals surface area (Å²) in [5, 5.41) is 3.16. The number of esters is 1. The minimum Gasteiger partial charge on any atom is -0.467 e. The molecule has 158 valence electrons. The second-order valence-corrected chi connectivity index (χ2v) is 7.81. The van der Waals surface area contributed by atoms with Crippen LogP contribution in [-0.4, -0.2) is 52.7 Å². The van der Waals surface area contributed by atoms with Gasteiger partial charge in [-0.1, -0.05) is 0 Å². The molecule has 3 rings (SSSR count). The van der Waals surface area contributed by atoms with Crippen molar-refractivity contribution >= 4 is 34.6 Å². The van der Waals surface area contributed by atoms with Crippen LogP contribution in [0.2, 0.25) is 0 Å². The second kappa shape index (κ2) is 8.10. The Bertz CT molecular complexity index is 965. The van der Waals surface area contributed by atoms with Crippen molar-refractivity contribution in [3.05, 3.63) is 60.3 Å². The smallest absolute Gasteiger partial charge is 0.336 e. The molecule has 0 fully saturated rings. The highest BCUT2D eigenvalue weighted by molar-refractivity contribution is 6.16. The van der Waals surface area contributed by atoms with E-state index in [0.717, 1.165) is 17.1 Å². The maximum Gasteiger partial charge on any atom is 0.336 e. The van der Waals surface area contributed by atoms with Gasteiger partial charge in [0.15, 0.2) is 5.54 Å². The van der Waals surface area contributed by atoms with Gasteiger partial charge < -0.3 is 19.9 Å². The highest BCUT2D eigenvalue weighted by atomic mass is 16.5. The van der Waals surface area contributed by atoms with Crippen molar-refractivity contribution in [2.45, 2.75) is 12.5 Å². The van der Waals surface area contributed by atoms with Crippen molar-refractivity contribution < 1.29 is 14.3 Å². The second-order valence-electron chi connectivity index (χ2n) is 7.81. The maximum atomic E-state index is 13.3. The Labute approximate surface area is 177 Å². The molecule has 2 aromatic rings. The summed E-state index contributed by atoms with van der Waals surface area (Å²) in [6.07, 6.45) is 1.63. The molecule has 0 spiro atoms. The van der Waals surface area contributed by atoms with Crippen LogP contribution in [0.4, 0.5) is 22.7 Å². The van der Waals surface area contributed by atoms with Crippen molar-refractivity contribution in [2.24, 2.45) is 0 Å². The van der Waals surface area contributed by atoms with Gasteiger partial charge in [0.05, 0.1) is 7.11 Å². The zero-order valence-electron chi connectivity index (χ0n) is 18.3. The van der Waals surface area contributed by atoms with Gasteiger partial charge in [-0.25, -0.2) is 4.79 Å². The Balaban J connectivity index is 1.94. The maximum absolute atomic E-state index is 13.3. The minimum absolute atomic E-state index is 0.294. The predicted octanol–water partition coefficient (Wildman–Crippen LogP) is 3.09. The number of rotatable bonds is 6. The fourth-order valence-corrected chi connectivity index (χ4v) is 3.47. The fourth-order valence-electron chi connectivity index (χ4n) is 3.47. The van der Waals surface area contributed by atoms with E-state index in [1.807, 2.05) is 86.5 Å². The number of carbonyl (C=O) groups is 2. The van der Waals surface area contributed by atoms with Gasteiger partial charge in [0.2, 0.25) is 0 Å². The number of ether oxygens (including phenoxy) is 1. The van der Waals surface area contributed by atoms with E-state index in [-0.39, 0.29) is 5.91 Å². The van der Waals surface area contributed by atoms with Crippen LogP contribution in [0.15, 0.2) is 60.3 Å². The number of hydrogen-bond donors (Lipinski definition) is 1. The Kier molecular flexibility index (Phi) is 5.73. The van der Waals surface area contributed by atoms with E-state index in [9.17, 15) is 9.59 Å². The van der Waals surface area contributed by atoms with Crippen molar-refractivity contribution in [3.63, 3.8) is 0 Å². The van der Waals surface area contributed by atoms with Gasteiger partial charge in [-0.05, 0) is 61.5 Å². The molecule has 0 bridgehead atoms. The van der Waals surface area contributed by atoms with Crippen molar-refractivity contribution in [1.82, 2.24) is 0 Å². The Hall–Kier alpha value is -3.48. The number of benzene rings is 2. The summed E-state index contributed by atoms with van der Waals surface area (Å²) in [5.74, 6) is -0.801. The van der Waals surface area contributed by atoms with Gasteiger partial charge in [0.25, 0.3) is 5.91 Å². The molecule has 0 saturated carbocycles. The molecule has 7 heteroatoms. The highest BCUT2D eigenvalue weighted by Gasteiger charge is 2.49. The molecule has 1 unspecified atom stereocenters. The van der Waals surface area contributed by atoms with Gasteiger partial charge in [-0.3, -0.25) is 9.69 Å². The highest BCUT2D eigenvalue weighted by Crippen LogP contribution is 2.36. The lowest BCUT2D eigenvalue weighted by atomic mass is 10.0. The van der Waals surface area contributed by atoms with Crippen LogP contribution >= 0.6 is 0 Å². The molecule has 0 saturated heterocycles. The minimum atomic E-state index is -1.25. The van der Waals surface area contributed by atoms with Crippen LogP contribution in [0.1, 0.15) is 6.92 Å². The molecule has 30 heavy (non-hydrogen) atoms. The normalized spacial score (nSPS) is 18.1. The van der Waals surface area contributed by atoms with E-state index in [1.165, 1.54) is 12.0 Å². The van der Waals surface area contributed by atoms with Crippen LogP contribution in [0.5, 0.6) is 0 Å². The van der Waals surface area contributed by atoms with Crippen molar-refractivity contribution in [3.8, 4) is 0 Å². The van der Waals surface area contributed by atoms with Gasteiger partial charge >= 0.3 is 5.97 Å². The molecule has 7 nitrogen and oxygen atoms in total. The van der Waals surface area contributed by atoms with E-state index in [0.29, 0.717) is 11.4 Å². The van der Waals surface area contributed by atoms with Gasteiger partial charge in [0.1, 0.15) is 5.70 Å². The monoisotopic (exact) mass is 408 g/mol. The fraction of sp³-hybridized carbons (Fsp3) is 0.304. The lowest BCUT2D eigenvalue weighted by Gasteiger charge is -2.32.